The zero-order valence-corrected chi connectivity index (χ0v) is 17.3. The van der Waals surface area contributed by atoms with Crippen LogP contribution in [0.2, 0.25) is 0 Å². The van der Waals surface area contributed by atoms with Crippen LogP contribution in [0.25, 0.3) is 0 Å². The topological polar surface area (TPSA) is 101 Å². The predicted molar refractivity (Wildman–Crippen MR) is 113 cm³/mol. The van der Waals surface area contributed by atoms with Gasteiger partial charge in [-0.1, -0.05) is 57.5 Å². The van der Waals surface area contributed by atoms with Crippen molar-refractivity contribution in [3.05, 3.63) is 56.2 Å². The standard InChI is InChI=1S/C21H30N4O3/c1-13(2)11-24(17(26)10-16-8-6-15(5)7-9-16)18-19(22)25(12-14(3)4)21(28)23-20(18)27/h6-9,13-14H,10-12,22H2,1-5H3,(H,23,27,28). The van der Waals surface area contributed by atoms with Gasteiger partial charge in [-0.05, 0) is 24.3 Å². The molecular formula is C21H30N4O3. The second kappa shape index (κ2) is 8.91. The van der Waals surface area contributed by atoms with Gasteiger partial charge >= 0.3 is 5.69 Å². The smallest absolute Gasteiger partial charge is 0.330 e. The molecule has 3 N–H and O–H groups in total. The van der Waals surface area contributed by atoms with Crippen molar-refractivity contribution in [2.24, 2.45) is 11.8 Å². The molecule has 0 aliphatic rings. The van der Waals surface area contributed by atoms with Gasteiger partial charge in [-0.25, -0.2) is 4.79 Å². The lowest BCUT2D eigenvalue weighted by Gasteiger charge is -2.26. The first-order valence-corrected chi connectivity index (χ1v) is 9.58. The van der Waals surface area contributed by atoms with Crippen LogP contribution in [0.3, 0.4) is 0 Å². The van der Waals surface area contributed by atoms with Crippen LogP contribution in [0.5, 0.6) is 0 Å². The van der Waals surface area contributed by atoms with Crippen molar-refractivity contribution in [2.75, 3.05) is 17.2 Å². The molecule has 0 aliphatic carbocycles. The average molecular weight is 386 g/mol. The quantitative estimate of drug-likeness (QED) is 0.762. The Morgan fingerprint density at radius 3 is 2.25 bits per heavy atom. The van der Waals surface area contributed by atoms with E-state index in [0.29, 0.717) is 13.1 Å². The maximum Gasteiger partial charge on any atom is 0.330 e. The number of aryl methyl sites for hydroxylation is 1. The number of hydrogen-bond acceptors (Lipinski definition) is 4. The third kappa shape index (κ3) is 5.12. The lowest BCUT2D eigenvalue weighted by Crippen LogP contribution is -2.43. The molecule has 0 spiro atoms. The Labute approximate surface area is 165 Å². The van der Waals surface area contributed by atoms with Crippen LogP contribution in [0, 0.1) is 18.8 Å². The van der Waals surface area contributed by atoms with Crippen molar-refractivity contribution in [1.29, 1.82) is 0 Å². The van der Waals surface area contributed by atoms with E-state index in [1.807, 2.05) is 58.9 Å². The fraction of sp³-hybridized carbons (Fsp3) is 0.476. The Balaban J connectivity index is 2.50. The Morgan fingerprint density at radius 1 is 1.11 bits per heavy atom. The Hall–Kier alpha value is -2.83. The van der Waals surface area contributed by atoms with Gasteiger partial charge in [0.05, 0.1) is 6.42 Å². The van der Waals surface area contributed by atoms with Gasteiger partial charge in [0.15, 0.2) is 5.69 Å². The Morgan fingerprint density at radius 2 is 1.71 bits per heavy atom. The maximum absolute atomic E-state index is 13.1. The molecule has 0 radical (unpaired) electrons. The van der Waals surface area contributed by atoms with Crippen LogP contribution in [0.15, 0.2) is 33.9 Å². The summed E-state index contributed by atoms with van der Waals surface area (Å²) in [4.78, 5) is 41.6. The first-order valence-electron chi connectivity index (χ1n) is 9.58. The molecule has 1 heterocycles. The highest BCUT2D eigenvalue weighted by Gasteiger charge is 2.25. The number of benzene rings is 1. The van der Waals surface area contributed by atoms with Crippen molar-refractivity contribution in [2.45, 2.75) is 47.6 Å². The van der Waals surface area contributed by atoms with E-state index in [1.54, 1.807) is 0 Å². The molecule has 0 atom stereocenters. The minimum atomic E-state index is -0.639. The van der Waals surface area contributed by atoms with Gasteiger partial charge in [-0.2, -0.15) is 0 Å². The zero-order valence-electron chi connectivity index (χ0n) is 17.3. The number of nitrogens with zero attached hydrogens (tertiary/aromatic N) is 2. The molecule has 2 aromatic rings. The van der Waals surface area contributed by atoms with Crippen LogP contribution < -0.4 is 21.9 Å². The molecule has 0 unspecified atom stereocenters. The van der Waals surface area contributed by atoms with E-state index >= 15 is 0 Å². The molecule has 0 aliphatic heterocycles. The summed E-state index contributed by atoms with van der Waals surface area (Å²) < 4.78 is 1.33. The van der Waals surface area contributed by atoms with Gasteiger partial charge in [0.2, 0.25) is 5.91 Å². The van der Waals surface area contributed by atoms with Gasteiger partial charge in [0.1, 0.15) is 5.82 Å². The lowest BCUT2D eigenvalue weighted by molar-refractivity contribution is -0.118. The molecular weight excluding hydrogens is 356 g/mol. The molecule has 0 saturated carbocycles. The molecule has 7 nitrogen and oxygen atoms in total. The molecule has 1 amide bonds. The summed E-state index contributed by atoms with van der Waals surface area (Å²) in [5.74, 6) is 0.0664. The van der Waals surface area contributed by atoms with Crippen molar-refractivity contribution in [3.63, 3.8) is 0 Å². The average Bonchev–Trinajstić information content (AvgIpc) is 2.59. The monoisotopic (exact) mass is 386 g/mol. The van der Waals surface area contributed by atoms with E-state index < -0.39 is 11.2 Å². The van der Waals surface area contributed by atoms with E-state index in [1.165, 1.54) is 9.47 Å². The molecule has 1 aromatic carbocycles. The third-order valence-corrected chi connectivity index (χ3v) is 4.36. The highest BCUT2D eigenvalue weighted by atomic mass is 16.2. The number of hydrogen-bond donors (Lipinski definition) is 2. The first-order chi connectivity index (χ1) is 13.1. The fourth-order valence-corrected chi connectivity index (χ4v) is 3.04. The largest absolute Gasteiger partial charge is 0.383 e. The van der Waals surface area contributed by atoms with Crippen LogP contribution in [-0.2, 0) is 17.8 Å². The van der Waals surface area contributed by atoms with Crippen molar-refractivity contribution in [1.82, 2.24) is 9.55 Å². The number of carbonyl (C=O) groups is 1. The van der Waals surface area contributed by atoms with Crippen LogP contribution in [-0.4, -0.2) is 22.0 Å². The van der Waals surface area contributed by atoms with Crippen molar-refractivity contribution < 1.29 is 4.79 Å². The predicted octanol–water partition coefficient (Wildman–Crippen LogP) is 2.31. The number of H-pyrrole nitrogens is 1. The number of aromatic nitrogens is 2. The summed E-state index contributed by atoms with van der Waals surface area (Å²) in [6.45, 7) is 10.5. The summed E-state index contributed by atoms with van der Waals surface area (Å²) in [5, 5.41) is 0. The van der Waals surface area contributed by atoms with E-state index in [-0.39, 0.29) is 35.7 Å². The fourth-order valence-electron chi connectivity index (χ4n) is 3.04. The molecule has 0 bridgehead atoms. The van der Waals surface area contributed by atoms with Crippen LogP contribution in [0.4, 0.5) is 11.5 Å². The van der Waals surface area contributed by atoms with Gasteiger partial charge in [0, 0.05) is 13.1 Å². The Bertz CT molecular complexity index is 940. The van der Waals surface area contributed by atoms with E-state index in [9.17, 15) is 14.4 Å². The maximum atomic E-state index is 13.1. The van der Waals surface area contributed by atoms with Gasteiger partial charge in [-0.3, -0.25) is 19.1 Å². The molecule has 1 aromatic heterocycles. The van der Waals surface area contributed by atoms with E-state index in [4.69, 9.17) is 5.73 Å². The molecule has 0 fully saturated rings. The first kappa shape index (κ1) is 21.5. The van der Waals surface area contributed by atoms with Crippen molar-refractivity contribution >= 4 is 17.4 Å². The summed E-state index contributed by atoms with van der Waals surface area (Å²) in [6.07, 6.45) is 0.148. The normalized spacial score (nSPS) is 11.2. The highest BCUT2D eigenvalue weighted by molar-refractivity contribution is 5.96. The third-order valence-electron chi connectivity index (χ3n) is 4.36. The van der Waals surface area contributed by atoms with Crippen LogP contribution in [0.1, 0.15) is 38.8 Å². The second-order valence-corrected chi connectivity index (χ2v) is 8.06. The van der Waals surface area contributed by atoms with E-state index in [2.05, 4.69) is 4.98 Å². The van der Waals surface area contributed by atoms with Gasteiger partial charge in [-0.15, -0.1) is 0 Å². The van der Waals surface area contributed by atoms with Gasteiger partial charge in [0.25, 0.3) is 5.56 Å². The summed E-state index contributed by atoms with van der Waals surface area (Å²) in [5.41, 5.74) is 7.02. The SMILES string of the molecule is Cc1ccc(CC(=O)N(CC(C)C)c2c(N)n(CC(C)C)c(=O)[nH]c2=O)cc1. The number of nitrogen functional groups attached to an aromatic ring is 1. The number of nitrogens with two attached hydrogens (primary N) is 1. The van der Waals surface area contributed by atoms with Crippen molar-refractivity contribution in [3.8, 4) is 0 Å². The number of rotatable bonds is 7. The Kier molecular flexibility index (Phi) is 6.83. The minimum Gasteiger partial charge on any atom is -0.383 e. The summed E-state index contributed by atoms with van der Waals surface area (Å²) in [6, 6.07) is 7.68. The van der Waals surface area contributed by atoms with Gasteiger partial charge < -0.3 is 10.6 Å². The van der Waals surface area contributed by atoms with E-state index in [0.717, 1.165) is 11.1 Å². The zero-order chi connectivity index (χ0) is 21.0. The second-order valence-electron chi connectivity index (χ2n) is 8.06. The molecule has 0 saturated heterocycles. The highest BCUT2D eigenvalue weighted by Crippen LogP contribution is 2.20. The molecule has 28 heavy (non-hydrogen) atoms. The number of carbonyl (C=O) groups excluding carboxylic acids is 1. The summed E-state index contributed by atoms with van der Waals surface area (Å²) >= 11 is 0. The molecule has 7 heteroatoms. The number of anilines is 2. The summed E-state index contributed by atoms with van der Waals surface area (Å²) in [7, 11) is 0. The number of aromatic amines is 1. The molecule has 152 valence electrons. The molecule has 2 rings (SSSR count). The lowest BCUT2D eigenvalue weighted by atomic mass is 10.1. The minimum absolute atomic E-state index is 0.0281. The van der Waals surface area contributed by atoms with Crippen LogP contribution >= 0.6 is 0 Å². The number of nitrogens with one attached hydrogen (secondary N) is 1. The number of amides is 1.